The minimum atomic E-state index is 0.305. The summed E-state index contributed by atoms with van der Waals surface area (Å²) < 4.78 is 0. The van der Waals surface area contributed by atoms with Gasteiger partial charge in [-0.1, -0.05) is 30.8 Å². The van der Waals surface area contributed by atoms with E-state index in [0.29, 0.717) is 5.75 Å². The summed E-state index contributed by atoms with van der Waals surface area (Å²) in [5, 5.41) is 9.83. The van der Waals surface area contributed by atoms with Gasteiger partial charge in [0.25, 0.3) is 0 Å². The Kier molecular flexibility index (Phi) is 2.94. The summed E-state index contributed by atoms with van der Waals surface area (Å²) in [6.45, 7) is 8.12. The number of phenols is 1. The number of hydrogen-bond acceptors (Lipinski definition) is 2. The van der Waals surface area contributed by atoms with Gasteiger partial charge >= 0.3 is 0 Å². The Balaban J connectivity index is 2.17. The van der Waals surface area contributed by atoms with Crippen LogP contribution < -0.4 is 0 Å². The normalized spacial score (nSPS) is 13.9. The number of nitrogens with zero attached hydrogens (tertiary/aromatic N) is 1. The van der Waals surface area contributed by atoms with Crippen LogP contribution >= 0.6 is 0 Å². The number of allylic oxidation sites excluding steroid dienone is 1. The lowest BCUT2D eigenvalue weighted by molar-refractivity contribution is 0.471. The predicted molar refractivity (Wildman–Crippen MR) is 83.9 cm³/mol. The van der Waals surface area contributed by atoms with E-state index in [0.717, 1.165) is 34.5 Å². The first kappa shape index (κ1) is 12.7. The number of aromatic hydroxyl groups is 1. The van der Waals surface area contributed by atoms with Crippen molar-refractivity contribution < 1.29 is 5.11 Å². The van der Waals surface area contributed by atoms with Gasteiger partial charge in [-0.15, -0.1) is 0 Å². The van der Waals surface area contributed by atoms with E-state index in [-0.39, 0.29) is 0 Å². The zero-order valence-corrected chi connectivity index (χ0v) is 11.8. The summed E-state index contributed by atoms with van der Waals surface area (Å²) in [6, 6.07) is 12.0. The molecular weight excluding hydrogens is 246 g/mol. The molecular formula is C18H17NO. The maximum atomic E-state index is 9.83. The number of aliphatic imine (C=N–C) groups is 1. The molecule has 0 aromatic heterocycles. The van der Waals surface area contributed by atoms with Gasteiger partial charge in [-0.05, 0) is 48.2 Å². The first-order valence-corrected chi connectivity index (χ1v) is 6.71. The Hall–Kier alpha value is -2.35. The molecule has 2 heteroatoms. The van der Waals surface area contributed by atoms with E-state index in [1.54, 1.807) is 6.07 Å². The van der Waals surface area contributed by atoms with Gasteiger partial charge in [-0.25, -0.2) is 0 Å². The first-order valence-electron chi connectivity index (χ1n) is 6.71. The molecule has 0 saturated heterocycles. The smallest absolute Gasteiger partial charge is 0.119 e. The molecule has 0 unspecified atom stereocenters. The topological polar surface area (TPSA) is 32.6 Å². The lowest BCUT2D eigenvalue weighted by Crippen LogP contribution is -2.08. The second kappa shape index (κ2) is 4.64. The lowest BCUT2D eigenvalue weighted by Gasteiger charge is -2.20. The molecule has 0 fully saturated rings. The van der Waals surface area contributed by atoms with Crippen molar-refractivity contribution in [3.8, 4) is 5.75 Å². The fourth-order valence-electron chi connectivity index (χ4n) is 2.59. The molecule has 1 heterocycles. The third-order valence-corrected chi connectivity index (χ3v) is 3.79. The monoisotopic (exact) mass is 263 g/mol. The average Bonchev–Trinajstić information content (AvgIpc) is 2.41. The maximum absolute atomic E-state index is 9.83. The summed E-state index contributed by atoms with van der Waals surface area (Å²) >= 11 is 0. The molecule has 0 aliphatic carbocycles. The van der Waals surface area contributed by atoms with Crippen LogP contribution in [0.2, 0.25) is 0 Å². The molecule has 1 N–H and O–H groups in total. The fourth-order valence-corrected chi connectivity index (χ4v) is 2.59. The lowest BCUT2D eigenvalue weighted by atomic mass is 9.91. The van der Waals surface area contributed by atoms with Gasteiger partial charge in [-0.3, -0.25) is 4.99 Å². The number of rotatable bonds is 1. The SMILES string of the molecule is C=C1CC(c2ccccc2C)=Nc2cc(C)c(O)cc21. The summed E-state index contributed by atoms with van der Waals surface area (Å²) in [6.07, 6.45) is 0.723. The largest absolute Gasteiger partial charge is 0.508 e. The van der Waals surface area contributed by atoms with Crippen molar-refractivity contribution in [2.45, 2.75) is 20.3 Å². The minimum Gasteiger partial charge on any atom is -0.508 e. The van der Waals surface area contributed by atoms with Crippen LogP contribution in [-0.4, -0.2) is 10.8 Å². The highest BCUT2D eigenvalue weighted by Crippen LogP contribution is 2.38. The van der Waals surface area contributed by atoms with Crippen LogP contribution in [-0.2, 0) is 0 Å². The Morgan fingerprint density at radius 1 is 1.05 bits per heavy atom. The molecule has 100 valence electrons. The van der Waals surface area contributed by atoms with Gasteiger partial charge in [0.1, 0.15) is 5.75 Å². The molecule has 0 spiro atoms. The van der Waals surface area contributed by atoms with Crippen LogP contribution in [0.1, 0.15) is 28.7 Å². The summed E-state index contributed by atoms with van der Waals surface area (Å²) in [7, 11) is 0. The Labute approximate surface area is 119 Å². The van der Waals surface area contributed by atoms with E-state index in [1.807, 2.05) is 25.1 Å². The quantitative estimate of drug-likeness (QED) is 0.804. The van der Waals surface area contributed by atoms with E-state index in [4.69, 9.17) is 4.99 Å². The Bertz CT molecular complexity index is 741. The number of phenolic OH excluding ortho intramolecular Hbond substituents is 1. The van der Waals surface area contributed by atoms with Crippen LogP contribution in [0.25, 0.3) is 5.57 Å². The van der Waals surface area contributed by atoms with E-state index in [9.17, 15) is 5.11 Å². The highest BCUT2D eigenvalue weighted by molar-refractivity contribution is 6.11. The predicted octanol–water partition coefficient (Wildman–Crippen LogP) is 4.55. The molecule has 0 atom stereocenters. The second-order valence-corrected chi connectivity index (χ2v) is 5.31. The molecule has 2 aromatic carbocycles. The zero-order chi connectivity index (χ0) is 14.3. The third kappa shape index (κ3) is 2.03. The molecule has 1 aliphatic heterocycles. The van der Waals surface area contributed by atoms with Crippen LogP contribution in [0.15, 0.2) is 48.0 Å². The molecule has 0 saturated carbocycles. The van der Waals surface area contributed by atoms with Crippen molar-refractivity contribution in [2.24, 2.45) is 4.99 Å². The van der Waals surface area contributed by atoms with Gasteiger partial charge < -0.3 is 5.11 Å². The first-order chi connectivity index (χ1) is 9.56. The standard InChI is InChI=1S/C18H17NO/c1-11-6-4-5-7-14(11)16-8-12(2)15-10-18(20)13(3)9-17(15)19-16/h4-7,9-10,20H,2,8H2,1,3H3. The van der Waals surface area contributed by atoms with Crippen molar-refractivity contribution in [3.05, 3.63) is 65.2 Å². The van der Waals surface area contributed by atoms with E-state index in [2.05, 4.69) is 25.6 Å². The molecule has 0 bridgehead atoms. The highest BCUT2D eigenvalue weighted by atomic mass is 16.3. The van der Waals surface area contributed by atoms with E-state index >= 15 is 0 Å². The fraction of sp³-hybridized carbons (Fsp3) is 0.167. The molecule has 20 heavy (non-hydrogen) atoms. The van der Waals surface area contributed by atoms with Gasteiger partial charge in [-0.2, -0.15) is 0 Å². The Morgan fingerprint density at radius 3 is 2.55 bits per heavy atom. The maximum Gasteiger partial charge on any atom is 0.119 e. The number of fused-ring (bicyclic) bond motifs is 1. The molecule has 2 aromatic rings. The second-order valence-electron chi connectivity index (χ2n) is 5.31. The summed E-state index contributed by atoms with van der Waals surface area (Å²) in [5.41, 5.74) is 7.13. The van der Waals surface area contributed by atoms with E-state index in [1.165, 1.54) is 11.1 Å². The van der Waals surface area contributed by atoms with Crippen LogP contribution in [0.5, 0.6) is 5.75 Å². The number of aryl methyl sites for hydroxylation is 2. The third-order valence-electron chi connectivity index (χ3n) is 3.79. The van der Waals surface area contributed by atoms with Gasteiger partial charge in [0.15, 0.2) is 0 Å². The average molecular weight is 263 g/mol. The number of hydrogen-bond donors (Lipinski definition) is 1. The van der Waals surface area contributed by atoms with E-state index < -0.39 is 0 Å². The summed E-state index contributed by atoms with van der Waals surface area (Å²) in [4.78, 5) is 4.77. The van der Waals surface area contributed by atoms with Gasteiger partial charge in [0.05, 0.1) is 11.4 Å². The van der Waals surface area contributed by atoms with Gasteiger partial charge in [0, 0.05) is 12.0 Å². The molecule has 1 aliphatic rings. The molecule has 2 nitrogen and oxygen atoms in total. The van der Waals surface area contributed by atoms with Crippen molar-refractivity contribution in [3.63, 3.8) is 0 Å². The van der Waals surface area contributed by atoms with Crippen molar-refractivity contribution in [1.82, 2.24) is 0 Å². The van der Waals surface area contributed by atoms with Crippen molar-refractivity contribution in [1.29, 1.82) is 0 Å². The highest BCUT2D eigenvalue weighted by Gasteiger charge is 2.19. The van der Waals surface area contributed by atoms with Crippen LogP contribution in [0, 0.1) is 13.8 Å². The zero-order valence-electron chi connectivity index (χ0n) is 11.8. The van der Waals surface area contributed by atoms with Crippen molar-refractivity contribution >= 4 is 17.0 Å². The summed E-state index contributed by atoms with van der Waals surface area (Å²) in [5.74, 6) is 0.305. The van der Waals surface area contributed by atoms with Crippen LogP contribution in [0.3, 0.4) is 0 Å². The molecule has 3 rings (SSSR count). The van der Waals surface area contributed by atoms with Crippen molar-refractivity contribution in [2.75, 3.05) is 0 Å². The Morgan fingerprint density at radius 2 is 1.80 bits per heavy atom. The van der Waals surface area contributed by atoms with Gasteiger partial charge in [0.2, 0.25) is 0 Å². The van der Waals surface area contributed by atoms with Crippen LogP contribution in [0.4, 0.5) is 5.69 Å². The molecule has 0 radical (unpaired) electrons. The number of benzene rings is 2. The minimum absolute atomic E-state index is 0.305. The molecule has 0 amide bonds.